The smallest absolute Gasteiger partial charge is 0.254 e. The van der Waals surface area contributed by atoms with Gasteiger partial charge in [0.2, 0.25) is 5.91 Å². The first-order valence-electron chi connectivity index (χ1n) is 8.26. The van der Waals surface area contributed by atoms with Crippen molar-refractivity contribution in [3.63, 3.8) is 0 Å². The molecule has 1 N–H and O–H groups in total. The van der Waals surface area contributed by atoms with E-state index in [1.165, 1.54) is 4.90 Å². The van der Waals surface area contributed by atoms with Crippen LogP contribution in [0.5, 0.6) is 0 Å². The first kappa shape index (κ1) is 17.6. The standard InChI is InChI=1S/C19H21N5O2/c1-12-7-13(2)9-15(8-12)20-18(25)11-23(3)19(26)14-5-6-17-16(10-14)21-22-24(17)4/h5-10H,11H2,1-4H3,(H,20,25). The van der Waals surface area contributed by atoms with Crippen molar-refractivity contribution in [1.82, 2.24) is 19.9 Å². The number of hydrogen-bond donors (Lipinski definition) is 1. The molecule has 0 saturated carbocycles. The first-order chi connectivity index (χ1) is 12.3. The molecular weight excluding hydrogens is 330 g/mol. The summed E-state index contributed by atoms with van der Waals surface area (Å²) in [6.07, 6.45) is 0. The molecule has 2 amide bonds. The molecule has 3 aromatic rings. The second kappa shape index (κ2) is 6.95. The number of aromatic nitrogens is 3. The van der Waals surface area contributed by atoms with Gasteiger partial charge in [0.25, 0.3) is 5.91 Å². The number of carbonyl (C=O) groups is 2. The number of nitrogens with one attached hydrogen (secondary N) is 1. The Hall–Kier alpha value is -3.22. The van der Waals surface area contributed by atoms with Gasteiger partial charge in [0.1, 0.15) is 5.52 Å². The molecule has 134 valence electrons. The third-order valence-electron chi connectivity index (χ3n) is 4.09. The Balaban J connectivity index is 1.68. The van der Waals surface area contributed by atoms with Crippen LogP contribution in [0.25, 0.3) is 11.0 Å². The van der Waals surface area contributed by atoms with Crippen LogP contribution in [0.3, 0.4) is 0 Å². The fourth-order valence-corrected chi connectivity index (χ4v) is 2.93. The molecular formula is C19H21N5O2. The van der Waals surface area contributed by atoms with E-state index in [-0.39, 0.29) is 18.4 Å². The van der Waals surface area contributed by atoms with Crippen molar-refractivity contribution in [1.29, 1.82) is 0 Å². The predicted octanol–water partition coefficient (Wildman–Crippen LogP) is 2.30. The lowest BCUT2D eigenvalue weighted by atomic mass is 10.1. The minimum atomic E-state index is -0.244. The number of amides is 2. The van der Waals surface area contributed by atoms with Crippen molar-refractivity contribution in [2.75, 3.05) is 18.9 Å². The van der Waals surface area contributed by atoms with Crippen LogP contribution >= 0.6 is 0 Å². The van der Waals surface area contributed by atoms with Crippen molar-refractivity contribution < 1.29 is 9.59 Å². The maximum absolute atomic E-state index is 12.6. The van der Waals surface area contributed by atoms with E-state index >= 15 is 0 Å². The van der Waals surface area contributed by atoms with E-state index < -0.39 is 0 Å². The number of aryl methyl sites for hydroxylation is 3. The zero-order valence-corrected chi connectivity index (χ0v) is 15.3. The summed E-state index contributed by atoms with van der Waals surface area (Å²) in [7, 11) is 3.39. The largest absolute Gasteiger partial charge is 0.332 e. The molecule has 0 aliphatic rings. The molecule has 7 heteroatoms. The highest BCUT2D eigenvalue weighted by Crippen LogP contribution is 2.15. The second-order valence-electron chi connectivity index (χ2n) is 6.50. The second-order valence-corrected chi connectivity index (χ2v) is 6.50. The summed E-state index contributed by atoms with van der Waals surface area (Å²) in [5, 5.41) is 10.8. The van der Waals surface area contributed by atoms with Crippen LogP contribution in [0, 0.1) is 13.8 Å². The minimum absolute atomic E-state index is 0.0374. The molecule has 0 aliphatic carbocycles. The van der Waals surface area contributed by atoms with Crippen molar-refractivity contribution in [3.05, 3.63) is 53.1 Å². The van der Waals surface area contributed by atoms with Crippen molar-refractivity contribution in [2.45, 2.75) is 13.8 Å². The Kier molecular flexibility index (Phi) is 4.71. The third-order valence-corrected chi connectivity index (χ3v) is 4.09. The Labute approximate surface area is 151 Å². The summed E-state index contributed by atoms with van der Waals surface area (Å²) in [4.78, 5) is 26.2. The SMILES string of the molecule is Cc1cc(C)cc(NC(=O)CN(C)C(=O)c2ccc3c(c2)nnn3C)c1. The number of carbonyl (C=O) groups excluding carboxylic acids is 2. The zero-order valence-electron chi connectivity index (χ0n) is 15.3. The van der Waals surface area contributed by atoms with Crippen molar-refractivity contribution >= 4 is 28.5 Å². The van der Waals surface area contributed by atoms with Crippen LogP contribution < -0.4 is 5.32 Å². The molecule has 0 unspecified atom stereocenters. The highest BCUT2D eigenvalue weighted by atomic mass is 16.2. The van der Waals surface area contributed by atoms with Gasteiger partial charge in [-0.3, -0.25) is 9.59 Å². The Morgan fingerprint density at radius 2 is 1.81 bits per heavy atom. The summed E-state index contributed by atoms with van der Waals surface area (Å²) in [5.74, 6) is -0.487. The number of anilines is 1. The average molecular weight is 351 g/mol. The number of benzene rings is 2. The van der Waals surface area contributed by atoms with Gasteiger partial charge in [0, 0.05) is 25.3 Å². The molecule has 0 saturated heterocycles. The summed E-state index contributed by atoms with van der Waals surface area (Å²) >= 11 is 0. The molecule has 26 heavy (non-hydrogen) atoms. The van der Waals surface area contributed by atoms with E-state index in [9.17, 15) is 9.59 Å². The molecule has 0 bridgehead atoms. The Bertz CT molecular complexity index is 973. The van der Waals surface area contributed by atoms with Gasteiger partial charge < -0.3 is 10.2 Å². The lowest BCUT2D eigenvalue weighted by Crippen LogP contribution is -2.34. The number of nitrogens with zero attached hydrogens (tertiary/aromatic N) is 4. The maximum Gasteiger partial charge on any atom is 0.254 e. The van der Waals surface area contributed by atoms with Gasteiger partial charge in [0.15, 0.2) is 0 Å². The van der Waals surface area contributed by atoms with E-state index in [1.54, 1.807) is 37.0 Å². The minimum Gasteiger partial charge on any atom is -0.332 e. The van der Waals surface area contributed by atoms with Gasteiger partial charge in [0.05, 0.1) is 12.1 Å². The topological polar surface area (TPSA) is 80.1 Å². The summed E-state index contributed by atoms with van der Waals surface area (Å²) in [6.45, 7) is 3.91. The van der Waals surface area contributed by atoms with Gasteiger partial charge in [-0.2, -0.15) is 0 Å². The molecule has 0 aliphatic heterocycles. The predicted molar refractivity (Wildman–Crippen MR) is 100 cm³/mol. The van der Waals surface area contributed by atoms with Gasteiger partial charge >= 0.3 is 0 Å². The van der Waals surface area contributed by atoms with Crippen molar-refractivity contribution in [2.24, 2.45) is 7.05 Å². The maximum atomic E-state index is 12.6. The quantitative estimate of drug-likeness (QED) is 0.782. The van der Waals surface area contributed by atoms with E-state index in [0.717, 1.165) is 22.3 Å². The van der Waals surface area contributed by atoms with Crippen LogP contribution in [-0.4, -0.2) is 45.3 Å². The number of rotatable bonds is 4. The van der Waals surface area contributed by atoms with Crippen LogP contribution in [-0.2, 0) is 11.8 Å². The lowest BCUT2D eigenvalue weighted by Gasteiger charge is -2.17. The molecule has 0 radical (unpaired) electrons. The lowest BCUT2D eigenvalue weighted by molar-refractivity contribution is -0.116. The molecule has 0 atom stereocenters. The molecule has 7 nitrogen and oxygen atoms in total. The summed E-state index contributed by atoms with van der Waals surface area (Å²) in [5.41, 5.74) is 4.83. The number of hydrogen-bond acceptors (Lipinski definition) is 4. The Morgan fingerprint density at radius 3 is 2.50 bits per heavy atom. The Morgan fingerprint density at radius 1 is 1.12 bits per heavy atom. The number of likely N-dealkylation sites (N-methyl/N-ethyl adjacent to an activating group) is 1. The van der Waals surface area contributed by atoms with E-state index in [2.05, 4.69) is 15.6 Å². The van der Waals surface area contributed by atoms with Crippen LogP contribution in [0.15, 0.2) is 36.4 Å². The monoisotopic (exact) mass is 351 g/mol. The van der Waals surface area contributed by atoms with E-state index in [0.29, 0.717) is 11.1 Å². The summed E-state index contributed by atoms with van der Waals surface area (Å²) < 4.78 is 1.64. The van der Waals surface area contributed by atoms with Crippen LogP contribution in [0.2, 0.25) is 0 Å². The molecule has 3 rings (SSSR count). The van der Waals surface area contributed by atoms with Crippen LogP contribution in [0.1, 0.15) is 21.5 Å². The highest BCUT2D eigenvalue weighted by molar-refractivity contribution is 6.00. The van der Waals surface area contributed by atoms with Gasteiger partial charge in [-0.1, -0.05) is 11.3 Å². The molecule has 1 heterocycles. The zero-order chi connectivity index (χ0) is 18.8. The normalized spacial score (nSPS) is 10.8. The average Bonchev–Trinajstić information content (AvgIpc) is 2.93. The molecule has 2 aromatic carbocycles. The van der Waals surface area contributed by atoms with Gasteiger partial charge in [-0.15, -0.1) is 5.10 Å². The van der Waals surface area contributed by atoms with E-state index in [4.69, 9.17) is 0 Å². The van der Waals surface area contributed by atoms with E-state index in [1.807, 2.05) is 32.0 Å². The fraction of sp³-hybridized carbons (Fsp3) is 0.263. The summed E-state index contributed by atoms with van der Waals surface area (Å²) in [6, 6.07) is 11.0. The van der Waals surface area contributed by atoms with Crippen molar-refractivity contribution in [3.8, 4) is 0 Å². The first-order valence-corrected chi connectivity index (χ1v) is 8.26. The molecule has 1 aromatic heterocycles. The van der Waals surface area contributed by atoms with Gasteiger partial charge in [-0.05, 0) is 55.3 Å². The number of fused-ring (bicyclic) bond motifs is 1. The fourth-order valence-electron chi connectivity index (χ4n) is 2.93. The molecule has 0 spiro atoms. The molecule has 0 fully saturated rings. The highest BCUT2D eigenvalue weighted by Gasteiger charge is 2.16. The van der Waals surface area contributed by atoms with Gasteiger partial charge in [-0.25, -0.2) is 4.68 Å². The third kappa shape index (κ3) is 3.72. The van der Waals surface area contributed by atoms with Crippen LogP contribution in [0.4, 0.5) is 5.69 Å².